The van der Waals surface area contributed by atoms with Gasteiger partial charge in [0.05, 0.1) is 0 Å². The zero-order valence-electron chi connectivity index (χ0n) is 8.52. The van der Waals surface area contributed by atoms with Gasteiger partial charge in [-0.1, -0.05) is 0 Å². The van der Waals surface area contributed by atoms with E-state index in [0.29, 0.717) is 19.4 Å². The lowest BCUT2D eigenvalue weighted by Gasteiger charge is -2.21. The summed E-state index contributed by atoms with van der Waals surface area (Å²) in [5.74, 6) is -1.51. The van der Waals surface area contributed by atoms with Gasteiger partial charge >= 0.3 is 5.97 Å². The molecule has 0 aromatic rings. The quantitative estimate of drug-likeness (QED) is 0.641. The highest BCUT2D eigenvalue weighted by molar-refractivity contribution is 5.92. The van der Waals surface area contributed by atoms with Gasteiger partial charge in [-0.2, -0.15) is 0 Å². The number of aliphatic carboxylic acids is 1. The molecule has 1 aliphatic rings. The number of likely N-dealkylation sites (N-methyl/N-ethyl adjacent to an activating group) is 1. The van der Waals surface area contributed by atoms with Crippen LogP contribution in [-0.4, -0.2) is 46.9 Å². The maximum atomic E-state index is 11.7. The molecular weight excluding hydrogens is 200 g/mol. The van der Waals surface area contributed by atoms with Crippen molar-refractivity contribution in [1.82, 2.24) is 10.2 Å². The monoisotopic (exact) mass is 214 g/mol. The largest absolute Gasteiger partial charge is 0.480 e. The minimum Gasteiger partial charge on any atom is -0.480 e. The molecule has 1 fully saturated rings. The molecule has 0 aliphatic carbocycles. The van der Waals surface area contributed by atoms with Crippen LogP contribution in [0, 0.1) is 0 Å². The summed E-state index contributed by atoms with van der Waals surface area (Å²) >= 11 is 0. The van der Waals surface area contributed by atoms with Gasteiger partial charge in [-0.25, -0.2) is 0 Å². The lowest BCUT2D eigenvalue weighted by molar-refractivity contribution is -0.145. The molecule has 6 nitrogen and oxygen atoms in total. The van der Waals surface area contributed by atoms with Gasteiger partial charge in [0.2, 0.25) is 11.8 Å². The van der Waals surface area contributed by atoms with E-state index in [1.165, 1.54) is 4.90 Å². The molecule has 2 N–H and O–H groups in total. The van der Waals surface area contributed by atoms with Gasteiger partial charge in [-0.3, -0.25) is 14.4 Å². The first kappa shape index (κ1) is 11.5. The molecule has 0 aromatic carbocycles. The first-order chi connectivity index (χ1) is 7.04. The highest BCUT2D eigenvalue weighted by atomic mass is 16.4. The van der Waals surface area contributed by atoms with Gasteiger partial charge in [-0.05, 0) is 13.3 Å². The second kappa shape index (κ2) is 4.77. The summed E-state index contributed by atoms with van der Waals surface area (Å²) < 4.78 is 0. The maximum Gasteiger partial charge on any atom is 0.323 e. The zero-order chi connectivity index (χ0) is 11.4. The van der Waals surface area contributed by atoms with Crippen LogP contribution in [0.5, 0.6) is 0 Å². The van der Waals surface area contributed by atoms with Crippen molar-refractivity contribution in [2.75, 3.05) is 13.1 Å². The van der Waals surface area contributed by atoms with Crippen LogP contribution in [0.4, 0.5) is 0 Å². The number of carboxylic acids is 1. The number of rotatable bonds is 4. The van der Waals surface area contributed by atoms with Crippen molar-refractivity contribution in [3.63, 3.8) is 0 Å². The minimum absolute atomic E-state index is 0.153. The molecule has 0 unspecified atom stereocenters. The van der Waals surface area contributed by atoms with Gasteiger partial charge in [0.15, 0.2) is 0 Å². The van der Waals surface area contributed by atoms with E-state index in [-0.39, 0.29) is 18.4 Å². The molecule has 0 bridgehead atoms. The highest BCUT2D eigenvalue weighted by Crippen LogP contribution is 2.09. The number of nitrogens with zero attached hydrogens (tertiary/aromatic N) is 1. The standard InChI is InChI=1S/C9H14N2O4/c1-2-11(5-8(13)14)9(15)6-3-4-7(12)10-6/h6H,2-5H2,1H3,(H,10,12)(H,13,14)/t6-/m1/s1. The molecule has 6 heteroatoms. The molecule has 2 amide bonds. The molecule has 84 valence electrons. The Labute approximate surface area is 87.2 Å². The first-order valence-electron chi connectivity index (χ1n) is 4.84. The van der Waals surface area contributed by atoms with E-state index in [9.17, 15) is 14.4 Å². The lowest BCUT2D eigenvalue weighted by Crippen LogP contribution is -2.46. The van der Waals surface area contributed by atoms with Gasteiger partial charge in [0, 0.05) is 13.0 Å². The Hall–Kier alpha value is -1.59. The van der Waals surface area contributed by atoms with Gasteiger partial charge in [-0.15, -0.1) is 0 Å². The molecule has 0 aromatic heterocycles. The molecule has 0 saturated carbocycles. The van der Waals surface area contributed by atoms with Crippen molar-refractivity contribution in [3.8, 4) is 0 Å². The van der Waals surface area contributed by atoms with Crippen molar-refractivity contribution in [3.05, 3.63) is 0 Å². The first-order valence-corrected chi connectivity index (χ1v) is 4.84. The Morgan fingerprint density at radius 2 is 2.27 bits per heavy atom. The van der Waals surface area contributed by atoms with E-state index in [1.54, 1.807) is 6.92 Å². The number of amides is 2. The molecule has 1 rings (SSSR count). The minimum atomic E-state index is -1.05. The Morgan fingerprint density at radius 1 is 1.60 bits per heavy atom. The van der Waals surface area contributed by atoms with Gasteiger partial charge in [0.1, 0.15) is 12.6 Å². The van der Waals surface area contributed by atoms with Gasteiger partial charge < -0.3 is 15.3 Å². The molecule has 1 heterocycles. The van der Waals surface area contributed by atoms with Crippen LogP contribution < -0.4 is 5.32 Å². The fraction of sp³-hybridized carbons (Fsp3) is 0.667. The molecule has 1 atom stereocenters. The van der Waals surface area contributed by atoms with E-state index in [0.717, 1.165) is 0 Å². The van der Waals surface area contributed by atoms with E-state index in [4.69, 9.17) is 5.11 Å². The summed E-state index contributed by atoms with van der Waals surface area (Å²) in [6, 6.07) is -0.545. The Balaban J connectivity index is 2.56. The lowest BCUT2D eigenvalue weighted by atomic mass is 10.2. The van der Waals surface area contributed by atoms with Crippen molar-refractivity contribution in [2.24, 2.45) is 0 Å². The highest BCUT2D eigenvalue weighted by Gasteiger charge is 2.30. The average molecular weight is 214 g/mol. The van der Waals surface area contributed by atoms with E-state index in [1.807, 2.05) is 0 Å². The van der Waals surface area contributed by atoms with E-state index in [2.05, 4.69) is 5.32 Å². The third kappa shape index (κ3) is 2.93. The Morgan fingerprint density at radius 3 is 2.67 bits per heavy atom. The van der Waals surface area contributed by atoms with Crippen LogP contribution in [0.25, 0.3) is 0 Å². The number of carboxylic acid groups (broad SMARTS) is 1. The summed E-state index contributed by atoms with van der Waals surface area (Å²) in [6.45, 7) is 1.72. The van der Waals surface area contributed by atoms with Crippen LogP contribution in [-0.2, 0) is 14.4 Å². The Bertz CT molecular complexity index is 290. The number of carbonyl (C=O) groups is 3. The molecule has 0 radical (unpaired) electrons. The fourth-order valence-electron chi connectivity index (χ4n) is 1.53. The van der Waals surface area contributed by atoms with Crippen LogP contribution in [0.2, 0.25) is 0 Å². The predicted molar refractivity (Wildman–Crippen MR) is 51.1 cm³/mol. The topological polar surface area (TPSA) is 86.7 Å². The summed E-state index contributed by atoms with van der Waals surface area (Å²) in [7, 11) is 0. The number of hydrogen-bond donors (Lipinski definition) is 2. The second-order valence-electron chi connectivity index (χ2n) is 3.40. The second-order valence-corrected chi connectivity index (χ2v) is 3.40. The Kier molecular flexibility index (Phi) is 3.65. The number of hydrogen-bond acceptors (Lipinski definition) is 3. The summed E-state index contributed by atoms with van der Waals surface area (Å²) in [6.07, 6.45) is 0.787. The molecule has 0 spiro atoms. The third-order valence-electron chi connectivity index (χ3n) is 2.31. The van der Waals surface area contributed by atoms with E-state index >= 15 is 0 Å². The van der Waals surface area contributed by atoms with Crippen LogP contribution in [0.15, 0.2) is 0 Å². The summed E-state index contributed by atoms with van der Waals surface area (Å²) in [5.41, 5.74) is 0. The summed E-state index contributed by atoms with van der Waals surface area (Å²) in [4.78, 5) is 34.3. The fourth-order valence-corrected chi connectivity index (χ4v) is 1.53. The smallest absolute Gasteiger partial charge is 0.323 e. The summed E-state index contributed by atoms with van der Waals surface area (Å²) in [5, 5.41) is 11.1. The third-order valence-corrected chi connectivity index (χ3v) is 2.31. The van der Waals surface area contributed by atoms with Crippen molar-refractivity contribution in [1.29, 1.82) is 0 Å². The molecule has 1 saturated heterocycles. The molecule has 15 heavy (non-hydrogen) atoms. The predicted octanol–water partition coefficient (Wildman–Crippen LogP) is -0.802. The van der Waals surface area contributed by atoms with Crippen molar-refractivity contribution >= 4 is 17.8 Å². The number of nitrogens with one attached hydrogen (secondary N) is 1. The van der Waals surface area contributed by atoms with Crippen molar-refractivity contribution < 1.29 is 19.5 Å². The van der Waals surface area contributed by atoms with Crippen LogP contribution in [0.3, 0.4) is 0 Å². The molecular formula is C9H14N2O4. The SMILES string of the molecule is CCN(CC(=O)O)C(=O)[C@H]1CCC(=O)N1. The van der Waals surface area contributed by atoms with Crippen LogP contribution >= 0.6 is 0 Å². The molecule has 1 aliphatic heterocycles. The van der Waals surface area contributed by atoms with E-state index < -0.39 is 12.0 Å². The maximum absolute atomic E-state index is 11.7. The van der Waals surface area contributed by atoms with Crippen LogP contribution in [0.1, 0.15) is 19.8 Å². The van der Waals surface area contributed by atoms with Crippen molar-refractivity contribution in [2.45, 2.75) is 25.8 Å². The number of carbonyl (C=O) groups excluding carboxylic acids is 2. The normalized spacial score (nSPS) is 19.8. The van der Waals surface area contributed by atoms with Gasteiger partial charge in [0.25, 0.3) is 0 Å². The average Bonchev–Trinajstić information content (AvgIpc) is 2.60. The zero-order valence-corrected chi connectivity index (χ0v) is 8.52.